The van der Waals surface area contributed by atoms with Crippen LogP contribution in [-0.2, 0) is 13.0 Å². The summed E-state index contributed by atoms with van der Waals surface area (Å²) in [4.78, 5) is 25.7. The summed E-state index contributed by atoms with van der Waals surface area (Å²) in [6, 6.07) is 7.47. The molecule has 21 heavy (non-hydrogen) atoms. The number of aromatic nitrogens is 2. The van der Waals surface area contributed by atoms with Crippen LogP contribution in [0.2, 0.25) is 0 Å². The Morgan fingerprint density at radius 2 is 1.95 bits per heavy atom. The Morgan fingerprint density at radius 1 is 1.19 bits per heavy atom. The van der Waals surface area contributed by atoms with Gasteiger partial charge in [0, 0.05) is 18.3 Å². The molecule has 0 aliphatic rings. The Bertz CT molecular complexity index is 744. The highest BCUT2D eigenvalue weighted by atomic mass is 16.2. The third kappa shape index (κ3) is 3.42. The molecule has 1 aromatic carbocycles. The monoisotopic (exact) mass is 287 g/mol. The van der Waals surface area contributed by atoms with Gasteiger partial charge in [-0.15, -0.1) is 0 Å². The van der Waals surface area contributed by atoms with Crippen LogP contribution in [0.15, 0.2) is 33.9 Å². The zero-order valence-corrected chi connectivity index (χ0v) is 12.7. The highest BCUT2D eigenvalue weighted by Crippen LogP contribution is 2.19. The average Bonchev–Trinajstić information content (AvgIpc) is 2.44. The highest BCUT2D eigenvalue weighted by molar-refractivity contribution is 5.58. The number of aromatic amines is 1. The SMILES string of the molecule is CCCn1c(Nc2ccc(C)c(CC)c2)cc(=O)[nH]c1=O. The van der Waals surface area contributed by atoms with Crippen molar-refractivity contribution < 1.29 is 0 Å². The topological polar surface area (TPSA) is 66.9 Å². The molecule has 0 saturated heterocycles. The molecule has 5 heteroatoms. The van der Waals surface area contributed by atoms with Gasteiger partial charge in [0.05, 0.1) is 0 Å². The summed E-state index contributed by atoms with van der Waals surface area (Å²) >= 11 is 0. The molecule has 1 heterocycles. The summed E-state index contributed by atoms with van der Waals surface area (Å²) in [5.74, 6) is 0.525. The van der Waals surface area contributed by atoms with Crippen LogP contribution in [0, 0.1) is 6.92 Å². The minimum Gasteiger partial charge on any atom is -0.341 e. The van der Waals surface area contributed by atoms with Crippen molar-refractivity contribution in [3.8, 4) is 0 Å². The maximum atomic E-state index is 11.9. The summed E-state index contributed by atoms with van der Waals surface area (Å²) < 4.78 is 1.55. The first-order valence-corrected chi connectivity index (χ1v) is 7.25. The van der Waals surface area contributed by atoms with E-state index in [1.54, 1.807) is 4.57 Å². The molecule has 0 aliphatic heterocycles. The number of hydrogen-bond donors (Lipinski definition) is 2. The van der Waals surface area contributed by atoms with Gasteiger partial charge < -0.3 is 5.32 Å². The molecule has 2 rings (SSSR count). The van der Waals surface area contributed by atoms with Gasteiger partial charge in [-0.1, -0.05) is 19.9 Å². The molecule has 112 valence electrons. The van der Waals surface area contributed by atoms with Crippen LogP contribution in [0.5, 0.6) is 0 Å². The number of benzene rings is 1. The van der Waals surface area contributed by atoms with Gasteiger partial charge in [-0.2, -0.15) is 0 Å². The average molecular weight is 287 g/mol. The van der Waals surface area contributed by atoms with Crippen LogP contribution in [0.3, 0.4) is 0 Å². The standard InChI is InChI=1S/C16H21N3O2/c1-4-8-19-14(10-15(20)18-16(19)21)17-13-7-6-11(3)12(5-2)9-13/h6-7,9-10,17H,4-5,8H2,1-3H3,(H,18,20,21). The van der Waals surface area contributed by atoms with Crippen LogP contribution >= 0.6 is 0 Å². The molecule has 0 bridgehead atoms. The number of H-pyrrole nitrogens is 1. The minimum atomic E-state index is -0.391. The Labute approximate surface area is 123 Å². The van der Waals surface area contributed by atoms with Gasteiger partial charge in [0.2, 0.25) is 0 Å². The molecule has 0 atom stereocenters. The van der Waals surface area contributed by atoms with Crippen molar-refractivity contribution in [2.75, 3.05) is 5.32 Å². The lowest BCUT2D eigenvalue weighted by Gasteiger charge is -2.14. The number of nitrogens with zero attached hydrogens (tertiary/aromatic N) is 1. The van der Waals surface area contributed by atoms with Gasteiger partial charge in [0.25, 0.3) is 5.56 Å². The Morgan fingerprint density at radius 3 is 2.62 bits per heavy atom. The quantitative estimate of drug-likeness (QED) is 0.888. The zero-order chi connectivity index (χ0) is 15.4. The summed E-state index contributed by atoms with van der Waals surface area (Å²) in [5.41, 5.74) is 2.59. The number of hydrogen-bond acceptors (Lipinski definition) is 3. The largest absolute Gasteiger partial charge is 0.341 e. The zero-order valence-electron chi connectivity index (χ0n) is 12.7. The molecule has 2 N–H and O–H groups in total. The highest BCUT2D eigenvalue weighted by Gasteiger charge is 2.06. The molecular weight excluding hydrogens is 266 g/mol. The van der Waals surface area contributed by atoms with E-state index in [9.17, 15) is 9.59 Å². The van der Waals surface area contributed by atoms with E-state index in [4.69, 9.17) is 0 Å². The lowest BCUT2D eigenvalue weighted by molar-refractivity contribution is 0.640. The fraction of sp³-hybridized carbons (Fsp3) is 0.375. The molecule has 0 amide bonds. The van der Waals surface area contributed by atoms with Gasteiger partial charge >= 0.3 is 5.69 Å². The van der Waals surface area contributed by atoms with Crippen molar-refractivity contribution in [3.05, 3.63) is 56.2 Å². The number of nitrogens with one attached hydrogen (secondary N) is 2. The first-order chi connectivity index (χ1) is 10.0. The van der Waals surface area contributed by atoms with E-state index in [-0.39, 0.29) is 5.69 Å². The van der Waals surface area contributed by atoms with E-state index >= 15 is 0 Å². The van der Waals surface area contributed by atoms with Crippen molar-refractivity contribution in [2.24, 2.45) is 0 Å². The van der Waals surface area contributed by atoms with E-state index < -0.39 is 5.56 Å². The maximum Gasteiger partial charge on any atom is 0.329 e. The minimum absolute atomic E-state index is 0.380. The molecule has 0 saturated carbocycles. The summed E-state index contributed by atoms with van der Waals surface area (Å²) in [6.07, 6.45) is 1.76. The summed E-state index contributed by atoms with van der Waals surface area (Å²) in [5, 5.41) is 3.18. The second-order valence-corrected chi connectivity index (χ2v) is 5.10. The molecule has 5 nitrogen and oxygen atoms in total. The lowest BCUT2D eigenvalue weighted by atomic mass is 10.1. The Kier molecular flexibility index (Phi) is 4.62. The molecule has 0 spiro atoms. The molecule has 0 fully saturated rings. The second-order valence-electron chi connectivity index (χ2n) is 5.10. The predicted octanol–water partition coefficient (Wildman–Crippen LogP) is 2.56. The second kappa shape index (κ2) is 6.43. The normalized spacial score (nSPS) is 10.6. The molecule has 0 radical (unpaired) electrons. The number of aryl methyl sites for hydroxylation is 2. The fourth-order valence-electron chi connectivity index (χ4n) is 2.35. The lowest BCUT2D eigenvalue weighted by Crippen LogP contribution is -2.31. The van der Waals surface area contributed by atoms with E-state index in [2.05, 4.69) is 30.2 Å². The number of rotatable bonds is 5. The van der Waals surface area contributed by atoms with E-state index in [1.807, 2.05) is 19.1 Å². The first kappa shape index (κ1) is 15.1. The third-order valence-electron chi connectivity index (χ3n) is 3.48. The van der Waals surface area contributed by atoms with Crippen LogP contribution in [0.4, 0.5) is 11.5 Å². The van der Waals surface area contributed by atoms with Crippen LogP contribution in [0.1, 0.15) is 31.4 Å². The van der Waals surface area contributed by atoms with Crippen molar-refractivity contribution in [1.29, 1.82) is 0 Å². The summed E-state index contributed by atoms with van der Waals surface area (Å²) in [7, 11) is 0. The van der Waals surface area contributed by atoms with Crippen LogP contribution in [0.25, 0.3) is 0 Å². The molecule has 0 aliphatic carbocycles. The molecule has 1 aromatic heterocycles. The van der Waals surface area contributed by atoms with E-state index in [0.717, 1.165) is 18.5 Å². The van der Waals surface area contributed by atoms with Crippen molar-refractivity contribution in [2.45, 2.75) is 40.2 Å². The van der Waals surface area contributed by atoms with Gasteiger partial charge in [-0.25, -0.2) is 4.79 Å². The van der Waals surface area contributed by atoms with Gasteiger partial charge in [-0.3, -0.25) is 14.3 Å². The molecule has 2 aromatic rings. The van der Waals surface area contributed by atoms with Gasteiger partial charge in [-0.05, 0) is 43.0 Å². The molecule has 0 unspecified atom stereocenters. The third-order valence-corrected chi connectivity index (χ3v) is 3.48. The van der Waals surface area contributed by atoms with Gasteiger partial charge in [0.1, 0.15) is 5.82 Å². The van der Waals surface area contributed by atoms with Crippen molar-refractivity contribution in [3.63, 3.8) is 0 Å². The van der Waals surface area contributed by atoms with Crippen molar-refractivity contribution in [1.82, 2.24) is 9.55 Å². The first-order valence-electron chi connectivity index (χ1n) is 7.25. The maximum absolute atomic E-state index is 11.9. The number of anilines is 2. The smallest absolute Gasteiger partial charge is 0.329 e. The van der Waals surface area contributed by atoms with Crippen molar-refractivity contribution >= 4 is 11.5 Å². The predicted molar refractivity (Wildman–Crippen MR) is 85.5 cm³/mol. The molecular formula is C16H21N3O2. The Balaban J connectivity index is 2.43. The van der Waals surface area contributed by atoms with E-state index in [0.29, 0.717) is 12.4 Å². The summed E-state index contributed by atoms with van der Waals surface area (Å²) in [6.45, 7) is 6.72. The van der Waals surface area contributed by atoms with Crippen LogP contribution in [-0.4, -0.2) is 9.55 Å². The fourth-order valence-corrected chi connectivity index (χ4v) is 2.35. The van der Waals surface area contributed by atoms with Crippen LogP contribution < -0.4 is 16.6 Å². The Hall–Kier alpha value is -2.30. The van der Waals surface area contributed by atoms with Gasteiger partial charge in [0.15, 0.2) is 0 Å². The van der Waals surface area contributed by atoms with E-state index in [1.165, 1.54) is 17.2 Å².